The average Bonchev–Trinajstić information content (AvgIpc) is 2.32. The fourth-order valence-corrected chi connectivity index (χ4v) is 1.21. The van der Waals surface area contributed by atoms with Gasteiger partial charge in [0, 0.05) is 17.1 Å². The molecule has 1 rings (SSSR count). The molecular formula is C7H13N3O2S. The molecule has 74 valence electrons. The Bertz CT molecular complexity index is 316. The van der Waals surface area contributed by atoms with Crippen LogP contribution in [0.2, 0.25) is 0 Å². The zero-order valence-electron chi connectivity index (χ0n) is 7.90. The Hall–Kier alpha value is -0.750. The maximum absolute atomic E-state index is 10.8. The molecule has 0 aromatic carbocycles. The highest BCUT2D eigenvalue weighted by atomic mass is 32.2. The van der Waals surface area contributed by atoms with Gasteiger partial charge in [-0.25, -0.2) is 0 Å². The van der Waals surface area contributed by atoms with Gasteiger partial charge in [-0.2, -0.15) is 4.98 Å². The van der Waals surface area contributed by atoms with Crippen molar-refractivity contribution in [2.75, 3.05) is 6.26 Å². The van der Waals surface area contributed by atoms with E-state index in [0.717, 1.165) is 0 Å². The summed E-state index contributed by atoms with van der Waals surface area (Å²) in [6.45, 7) is 3.56. The molecule has 0 fully saturated rings. The van der Waals surface area contributed by atoms with Crippen molar-refractivity contribution >= 4 is 10.8 Å². The lowest BCUT2D eigenvalue weighted by atomic mass is 10.1. The van der Waals surface area contributed by atoms with Crippen LogP contribution in [0.4, 0.5) is 0 Å². The van der Waals surface area contributed by atoms with E-state index in [1.807, 2.05) is 0 Å². The summed E-state index contributed by atoms with van der Waals surface area (Å²) in [6.07, 6.45) is 1.58. The van der Waals surface area contributed by atoms with Crippen LogP contribution in [-0.4, -0.2) is 20.6 Å². The molecule has 0 bridgehead atoms. The third-order valence-electron chi connectivity index (χ3n) is 1.37. The number of rotatable bonds is 3. The topological polar surface area (TPSA) is 82.0 Å². The molecule has 0 aliphatic carbocycles. The zero-order valence-corrected chi connectivity index (χ0v) is 8.72. The molecule has 1 heterocycles. The van der Waals surface area contributed by atoms with E-state index < -0.39 is 16.3 Å². The maximum Gasteiger partial charge on any atom is 0.239 e. The summed E-state index contributed by atoms with van der Waals surface area (Å²) in [5.74, 6) is 1.09. The van der Waals surface area contributed by atoms with E-state index in [1.54, 1.807) is 20.1 Å². The molecule has 0 saturated carbocycles. The summed E-state index contributed by atoms with van der Waals surface area (Å²) in [5.41, 5.74) is 5.13. The maximum atomic E-state index is 10.8. The number of hydrogen-bond donors (Lipinski definition) is 1. The number of nitrogens with zero attached hydrogens (tertiary/aromatic N) is 2. The Labute approximate surface area is 79.2 Å². The molecule has 5 nitrogen and oxygen atoms in total. The van der Waals surface area contributed by atoms with Crippen LogP contribution >= 0.6 is 0 Å². The van der Waals surface area contributed by atoms with Gasteiger partial charge >= 0.3 is 0 Å². The van der Waals surface area contributed by atoms with Crippen LogP contribution in [-0.2, 0) is 22.1 Å². The van der Waals surface area contributed by atoms with Gasteiger partial charge in [0.1, 0.15) is 5.75 Å². The smallest absolute Gasteiger partial charge is 0.239 e. The summed E-state index contributed by atoms with van der Waals surface area (Å²) >= 11 is 0. The molecule has 1 aromatic rings. The molecule has 6 heteroatoms. The van der Waals surface area contributed by atoms with E-state index in [1.165, 1.54) is 0 Å². The second-order valence-corrected chi connectivity index (χ2v) is 4.89. The SMILES string of the molecule is CS(=O)Cc1nc(C(C)(C)N)no1. The second-order valence-electron chi connectivity index (χ2n) is 3.45. The van der Waals surface area contributed by atoms with Crippen molar-refractivity contribution in [3.05, 3.63) is 11.7 Å². The molecule has 1 aromatic heterocycles. The highest BCUT2D eigenvalue weighted by molar-refractivity contribution is 7.83. The Morgan fingerprint density at radius 2 is 2.23 bits per heavy atom. The Morgan fingerprint density at radius 3 is 2.62 bits per heavy atom. The molecule has 0 aliphatic rings. The number of nitrogens with two attached hydrogens (primary N) is 1. The predicted molar refractivity (Wildman–Crippen MR) is 49.3 cm³/mol. The highest BCUT2D eigenvalue weighted by Crippen LogP contribution is 2.12. The molecule has 0 amide bonds. The van der Waals surface area contributed by atoms with E-state index in [2.05, 4.69) is 10.1 Å². The highest BCUT2D eigenvalue weighted by Gasteiger charge is 2.21. The van der Waals surface area contributed by atoms with Gasteiger partial charge < -0.3 is 10.3 Å². The summed E-state index contributed by atoms with van der Waals surface area (Å²) in [7, 11) is -0.967. The van der Waals surface area contributed by atoms with Gasteiger partial charge in [0.2, 0.25) is 5.89 Å². The van der Waals surface area contributed by atoms with E-state index in [0.29, 0.717) is 11.7 Å². The zero-order chi connectivity index (χ0) is 10.1. The lowest BCUT2D eigenvalue weighted by Gasteiger charge is -2.11. The Balaban J connectivity index is 2.81. The first-order valence-electron chi connectivity index (χ1n) is 3.81. The third kappa shape index (κ3) is 2.89. The van der Waals surface area contributed by atoms with Crippen molar-refractivity contribution in [2.24, 2.45) is 5.73 Å². The first kappa shape index (κ1) is 10.3. The van der Waals surface area contributed by atoms with Crippen molar-refractivity contribution < 1.29 is 8.73 Å². The molecule has 13 heavy (non-hydrogen) atoms. The number of hydrogen-bond acceptors (Lipinski definition) is 5. The molecule has 0 aliphatic heterocycles. The molecule has 1 unspecified atom stereocenters. The average molecular weight is 203 g/mol. The van der Waals surface area contributed by atoms with Gasteiger partial charge in [0.25, 0.3) is 0 Å². The predicted octanol–water partition coefficient (Wildman–Crippen LogP) is 0.142. The first-order chi connectivity index (χ1) is 5.89. The molecule has 2 N–H and O–H groups in total. The fourth-order valence-electron chi connectivity index (χ4n) is 0.749. The van der Waals surface area contributed by atoms with Gasteiger partial charge in [-0.05, 0) is 13.8 Å². The molecular weight excluding hydrogens is 190 g/mol. The molecule has 1 atom stereocenters. The minimum Gasteiger partial charge on any atom is -0.338 e. The molecule has 0 spiro atoms. The fraction of sp³-hybridized carbons (Fsp3) is 0.714. The third-order valence-corrected chi connectivity index (χ3v) is 2.02. The Morgan fingerprint density at radius 1 is 1.62 bits per heavy atom. The van der Waals surface area contributed by atoms with Crippen molar-refractivity contribution in [2.45, 2.75) is 25.1 Å². The minimum absolute atomic E-state index is 0.281. The van der Waals surface area contributed by atoms with Crippen LogP contribution in [0.5, 0.6) is 0 Å². The molecule has 0 radical (unpaired) electrons. The van der Waals surface area contributed by atoms with Gasteiger partial charge in [0.15, 0.2) is 5.82 Å². The van der Waals surface area contributed by atoms with Crippen LogP contribution in [0, 0.1) is 0 Å². The Kier molecular flexibility index (Phi) is 2.82. The first-order valence-corrected chi connectivity index (χ1v) is 5.54. The van der Waals surface area contributed by atoms with Gasteiger partial charge in [-0.15, -0.1) is 0 Å². The lowest BCUT2D eigenvalue weighted by Crippen LogP contribution is -2.30. The van der Waals surface area contributed by atoms with E-state index >= 15 is 0 Å². The number of aromatic nitrogens is 2. The van der Waals surface area contributed by atoms with Gasteiger partial charge in [-0.1, -0.05) is 5.16 Å². The second kappa shape index (κ2) is 3.55. The summed E-state index contributed by atoms with van der Waals surface area (Å²) in [5, 5.41) is 3.69. The van der Waals surface area contributed by atoms with Crippen LogP contribution in [0.15, 0.2) is 4.52 Å². The molecule has 0 saturated heterocycles. The summed E-state index contributed by atoms with van der Waals surface area (Å²) in [4.78, 5) is 4.03. The van der Waals surface area contributed by atoms with Gasteiger partial charge in [-0.3, -0.25) is 4.21 Å². The minimum atomic E-state index is -0.967. The normalized spacial score (nSPS) is 14.5. The monoisotopic (exact) mass is 203 g/mol. The quantitative estimate of drug-likeness (QED) is 0.755. The van der Waals surface area contributed by atoms with E-state index in [-0.39, 0.29) is 5.75 Å². The van der Waals surface area contributed by atoms with Crippen molar-refractivity contribution in [1.82, 2.24) is 10.1 Å². The standard InChI is InChI=1S/C7H13N3O2S/c1-7(2,8)6-9-5(12-10-6)4-13(3)11/h4,8H2,1-3H3. The van der Waals surface area contributed by atoms with E-state index in [4.69, 9.17) is 10.3 Å². The van der Waals surface area contributed by atoms with Crippen LogP contribution in [0.25, 0.3) is 0 Å². The van der Waals surface area contributed by atoms with Crippen molar-refractivity contribution in [1.29, 1.82) is 0 Å². The largest absolute Gasteiger partial charge is 0.338 e. The van der Waals surface area contributed by atoms with Crippen LogP contribution < -0.4 is 5.73 Å². The van der Waals surface area contributed by atoms with Crippen molar-refractivity contribution in [3.63, 3.8) is 0 Å². The summed E-state index contributed by atoms with van der Waals surface area (Å²) < 4.78 is 15.7. The van der Waals surface area contributed by atoms with Crippen LogP contribution in [0.1, 0.15) is 25.6 Å². The van der Waals surface area contributed by atoms with Crippen LogP contribution in [0.3, 0.4) is 0 Å². The van der Waals surface area contributed by atoms with E-state index in [9.17, 15) is 4.21 Å². The van der Waals surface area contributed by atoms with Crippen molar-refractivity contribution in [3.8, 4) is 0 Å². The van der Waals surface area contributed by atoms with Gasteiger partial charge in [0.05, 0.1) is 5.54 Å². The summed E-state index contributed by atoms with van der Waals surface area (Å²) in [6, 6.07) is 0. The lowest BCUT2D eigenvalue weighted by molar-refractivity contribution is 0.369.